The van der Waals surface area contributed by atoms with Crippen LogP contribution in [0.25, 0.3) is 0 Å². The molecule has 1 N–H and O–H groups in total. The van der Waals surface area contributed by atoms with Gasteiger partial charge in [-0.3, -0.25) is 0 Å². The first-order valence-electron chi connectivity index (χ1n) is 4.95. The molecule has 0 saturated heterocycles. The summed E-state index contributed by atoms with van der Waals surface area (Å²) in [6.45, 7) is 6.13. The normalized spacial score (nSPS) is 11.7. The lowest BCUT2D eigenvalue weighted by Crippen LogP contribution is -2.25. The minimum atomic E-state index is 0.602. The molecular weight excluding hydrogens is 188 g/mol. The van der Waals surface area contributed by atoms with Crippen LogP contribution in [0.15, 0.2) is 17.3 Å². The summed E-state index contributed by atoms with van der Waals surface area (Å²) in [6, 6.07) is 4.19. The third-order valence-corrected chi connectivity index (χ3v) is 2.42. The fourth-order valence-corrected chi connectivity index (χ4v) is 1.90. The molecule has 0 aliphatic rings. The smallest absolute Gasteiger partial charge is 0.175 e. The maximum absolute atomic E-state index is 9.01. The van der Waals surface area contributed by atoms with Gasteiger partial charge in [0.05, 0.1) is 0 Å². The van der Waals surface area contributed by atoms with Gasteiger partial charge in [0, 0.05) is 19.7 Å². The fourth-order valence-electron chi connectivity index (χ4n) is 1.90. The SMILES string of the molecule is Cc1cc(C)c(/C(=N\O)N(C)C)c(C)c1. The summed E-state index contributed by atoms with van der Waals surface area (Å²) in [5, 5.41) is 12.4. The molecule has 3 nitrogen and oxygen atoms in total. The molecule has 0 heterocycles. The van der Waals surface area contributed by atoms with Gasteiger partial charge in [-0.15, -0.1) is 0 Å². The molecule has 0 unspecified atom stereocenters. The second-order valence-electron chi connectivity index (χ2n) is 4.09. The Bertz CT molecular complexity index is 372. The van der Waals surface area contributed by atoms with Gasteiger partial charge in [0.15, 0.2) is 5.84 Å². The van der Waals surface area contributed by atoms with Crippen LogP contribution in [0.1, 0.15) is 22.3 Å². The van der Waals surface area contributed by atoms with Crippen LogP contribution in [0.2, 0.25) is 0 Å². The van der Waals surface area contributed by atoms with Gasteiger partial charge in [-0.1, -0.05) is 22.9 Å². The molecule has 0 atom stereocenters. The number of rotatable bonds is 1. The first kappa shape index (κ1) is 11.6. The van der Waals surface area contributed by atoms with Gasteiger partial charge in [0.25, 0.3) is 0 Å². The highest BCUT2D eigenvalue weighted by Crippen LogP contribution is 2.18. The first-order chi connectivity index (χ1) is 6.97. The number of aryl methyl sites for hydroxylation is 3. The second kappa shape index (κ2) is 4.34. The first-order valence-corrected chi connectivity index (χ1v) is 4.95. The molecule has 0 amide bonds. The van der Waals surface area contributed by atoms with Crippen molar-refractivity contribution >= 4 is 5.84 Å². The van der Waals surface area contributed by atoms with E-state index in [2.05, 4.69) is 24.2 Å². The van der Waals surface area contributed by atoms with Crippen molar-refractivity contribution in [1.29, 1.82) is 0 Å². The minimum Gasteiger partial charge on any atom is -0.409 e. The summed E-state index contributed by atoms with van der Waals surface area (Å²) in [7, 11) is 3.74. The molecule has 1 aromatic rings. The zero-order valence-electron chi connectivity index (χ0n) is 10.00. The Morgan fingerprint density at radius 1 is 1.13 bits per heavy atom. The zero-order valence-corrected chi connectivity index (χ0v) is 10.00. The van der Waals surface area contributed by atoms with E-state index in [9.17, 15) is 0 Å². The van der Waals surface area contributed by atoms with Gasteiger partial charge < -0.3 is 10.1 Å². The zero-order chi connectivity index (χ0) is 11.6. The molecule has 0 aromatic heterocycles. The minimum absolute atomic E-state index is 0.602. The van der Waals surface area contributed by atoms with Gasteiger partial charge in [-0.2, -0.15) is 0 Å². The predicted molar refractivity (Wildman–Crippen MR) is 62.7 cm³/mol. The third-order valence-electron chi connectivity index (χ3n) is 2.42. The Morgan fingerprint density at radius 2 is 1.60 bits per heavy atom. The molecular formula is C12H18N2O. The van der Waals surface area contributed by atoms with Crippen LogP contribution in [-0.2, 0) is 0 Å². The number of oxime groups is 1. The average molecular weight is 206 g/mol. The van der Waals surface area contributed by atoms with E-state index < -0.39 is 0 Å². The molecule has 82 valence electrons. The lowest BCUT2D eigenvalue weighted by atomic mass is 9.98. The largest absolute Gasteiger partial charge is 0.409 e. The quantitative estimate of drug-likeness (QED) is 0.331. The molecule has 0 saturated carbocycles. The van der Waals surface area contributed by atoms with Crippen molar-refractivity contribution in [1.82, 2.24) is 4.90 Å². The summed E-state index contributed by atoms with van der Waals surface area (Å²) in [6.07, 6.45) is 0. The van der Waals surface area contributed by atoms with E-state index in [4.69, 9.17) is 5.21 Å². The van der Waals surface area contributed by atoms with Crippen LogP contribution < -0.4 is 0 Å². The van der Waals surface area contributed by atoms with Crippen molar-refractivity contribution in [3.63, 3.8) is 0 Å². The molecule has 0 aliphatic carbocycles. The van der Waals surface area contributed by atoms with Gasteiger partial charge in [-0.25, -0.2) is 0 Å². The highest BCUT2D eigenvalue weighted by molar-refractivity contribution is 6.00. The van der Waals surface area contributed by atoms with Crippen molar-refractivity contribution in [3.05, 3.63) is 34.4 Å². The summed E-state index contributed by atoms with van der Waals surface area (Å²) in [5.74, 6) is 0.602. The third kappa shape index (κ3) is 2.29. The number of hydrogen-bond donors (Lipinski definition) is 1. The van der Waals surface area contributed by atoms with Crippen molar-refractivity contribution in [3.8, 4) is 0 Å². The standard InChI is InChI=1S/C12H18N2O/c1-8-6-9(2)11(10(3)7-8)12(13-15)14(4)5/h6-7,15H,1-5H3/b13-12+. The van der Waals surface area contributed by atoms with Crippen molar-refractivity contribution in [2.45, 2.75) is 20.8 Å². The highest BCUT2D eigenvalue weighted by Gasteiger charge is 2.13. The predicted octanol–water partition coefficient (Wildman–Crippen LogP) is 2.31. The Kier molecular flexibility index (Phi) is 3.35. The molecule has 1 aromatic carbocycles. The summed E-state index contributed by atoms with van der Waals surface area (Å²) in [4.78, 5) is 1.81. The molecule has 3 heteroatoms. The van der Waals surface area contributed by atoms with Crippen LogP contribution >= 0.6 is 0 Å². The van der Waals surface area contributed by atoms with Gasteiger partial charge >= 0.3 is 0 Å². The van der Waals surface area contributed by atoms with E-state index in [0.717, 1.165) is 16.7 Å². The Labute approximate surface area is 91.0 Å². The van der Waals surface area contributed by atoms with E-state index in [1.54, 1.807) is 0 Å². The van der Waals surface area contributed by atoms with Crippen molar-refractivity contribution in [2.24, 2.45) is 5.16 Å². The van der Waals surface area contributed by atoms with Crippen LogP contribution in [-0.4, -0.2) is 30.0 Å². The fraction of sp³-hybridized carbons (Fsp3) is 0.417. The van der Waals surface area contributed by atoms with E-state index >= 15 is 0 Å². The molecule has 0 bridgehead atoms. The monoisotopic (exact) mass is 206 g/mol. The average Bonchev–Trinajstić information content (AvgIpc) is 2.09. The Morgan fingerprint density at radius 3 is 1.93 bits per heavy atom. The molecule has 0 aliphatic heterocycles. The number of hydrogen-bond acceptors (Lipinski definition) is 2. The lowest BCUT2D eigenvalue weighted by Gasteiger charge is -2.18. The maximum atomic E-state index is 9.01. The van der Waals surface area contributed by atoms with Crippen molar-refractivity contribution < 1.29 is 5.21 Å². The van der Waals surface area contributed by atoms with Crippen molar-refractivity contribution in [2.75, 3.05) is 14.1 Å². The molecule has 0 spiro atoms. The van der Waals surface area contributed by atoms with E-state index in [0.29, 0.717) is 5.84 Å². The van der Waals surface area contributed by atoms with Gasteiger partial charge in [0.2, 0.25) is 0 Å². The van der Waals surface area contributed by atoms with Crippen LogP contribution in [0.5, 0.6) is 0 Å². The Hall–Kier alpha value is -1.51. The van der Waals surface area contributed by atoms with E-state index in [-0.39, 0.29) is 0 Å². The lowest BCUT2D eigenvalue weighted by molar-refractivity contribution is 0.310. The van der Waals surface area contributed by atoms with Gasteiger partial charge in [0.1, 0.15) is 0 Å². The maximum Gasteiger partial charge on any atom is 0.175 e. The van der Waals surface area contributed by atoms with Crippen LogP contribution in [0, 0.1) is 20.8 Å². The molecule has 1 rings (SSSR count). The number of amidine groups is 1. The van der Waals surface area contributed by atoms with E-state index in [1.807, 2.05) is 32.8 Å². The topological polar surface area (TPSA) is 35.8 Å². The summed E-state index contributed by atoms with van der Waals surface area (Å²) < 4.78 is 0. The number of nitrogens with zero attached hydrogens (tertiary/aromatic N) is 2. The molecule has 15 heavy (non-hydrogen) atoms. The van der Waals surface area contributed by atoms with E-state index in [1.165, 1.54) is 5.56 Å². The highest BCUT2D eigenvalue weighted by atomic mass is 16.4. The Balaban J connectivity index is 3.37. The molecule has 0 radical (unpaired) electrons. The van der Waals surface area contributed by atoms with Gasteiger partial charge in [-0.05, 0) is 31.9 Å². The van der Waals surface area contributed by atoms with Crippen LogP contribution in [0.4, 0.5) is 0 Å². The number of benzene rings is 1. The summed E-state index contributed by atoms with van der Waals surface area (Å²) in [5.41, 5.74) is 4.50. The molecule has 0 fully saturated rings. The summed E-state index contributed by atoms with van der Waals surface area (Å²) >= 11 is 0. The second-order valence-corrected chi connectivity index (χ2v) is 4.09. The van der Waals surface area contributed by atoms with Crippen LogP contribution in [0.3, 0.4) is 0 Å².